The fraction of sp³-hybridized carbons (Fsp3) is 0.150. The van der Waals surface area contributed by atoms with Crippen LogP contribution in [0.4, 0.5) is 0 Å². The average molecular weight is 613 g/mol. The van der Waals surface area contributed by atoms with E-state index in [0.29, 0.717) is 0 Å². The van der Waals surface area contributed by atoms with Crippen molar-refractivity contribution in [2.75, 3.05) is 0 Å². The number of ether oxygens (including phenoxy) is 1. The minimum atomic E-state index is -0.324. The van der Waals surface area contributed by atoms with E-state index in [1.165, 1.54) is 22.3 Å². The summed E-state index contributed by atoms with van der Waals surface area (Å²) in [6, 6.07) is 30.4. The topological polar surface area (TPSA) is 53.7 Å². The van der Waals surface area contributed by atoms with Crippen LogP contribution in [0.15, 0.2) is 110 Å². The Balaban J connectivity index is 1.31. The van der Waals surface area contributed by atoms with Crippen LogP contribution in [0, 0.1) is 0 Å². The van der Waals surface area contributed by atoms with Crippen LogP contribution in [0.3, 0.4) is 0 Å². The second kappa shape index (κ2) is 8.91. The van der Waals surface area contributed by atoms with Crippen LogP contribution >= 0.6 is 0 Å². The molecule has 7 nitrogen and oxygen atoms in total. The number of aromatic nitrogens is 6. The zero-order valence-corrected chi connectivity index (χ0v) is 26.6. The molecule has 0 amide bonds. The van der Waals surface area contributed by atoms with Gasteiger partial charge in [-0.05, 0) is 34.4 Å². The third-order valence-corrected chi connectivity index (χ3v) is 10.5. The van der Waals surface area contributed by atoms with Crippen molar-refractivity contribution in [2.24, 2.45) is 0 Å². The number of para-hydroxylation sites is 2. The summed E-state index contributed by atoms with van der Waals surface area (Å²) >= 11 is 0. The summed E-state index contributed by atoms with van der Waals surface area (Å²) < 4.78 is 16.1. The molecule has 2 aliphatic heterocycles. The quantitative estimate of drug-likeness (QED) is 0.196. The molecule has 0 bridgehead atoms. The number of fused-ring (bicyclic) bond motifs is 8. The fourth-order valence-electron chi connectivity index (χ4n) is 8.17. The first-order chi connectivity index (χ1) is 22.8. The van der Waals surface area contributed by atoms with Crippen LogP contribution in [-0.2, 0) is 15.6 Å². The molecule has 0 atom stereocenters. The van der Waals surface area contributed by atoms with Crippen LogP contribution < -0.4 is 0 Å². The molecule has 4 aromatic heterocycles. The van der Waals surface area contributed by atoms with E-state index < -0.39 is 0 Å². The molecule has 0 unspecified atom stereocenters. The van der Waals surface area contributed by atoms with Crippen molar-refractivity contribution in [3.8, 4) is 0 Å². The van der Waals surface area contributed by atoms with E-state index in [4.69, 9.17) is 14.7 Å². The maximum atomic E-state index is 7.33. The Kier molecular flexibility index (Phi) is 5.01. The Morgan fingerprint density at radius 3 is 1.40 bits per heavy atom. The molecule has 2 aliphatic rings. The van der Waals surface area contributed by atoms with Crippen LogP contribution in [0.2, 0.25) is 0 Å². The highest BCUT2D eigenvalue weighted by Gasteiger charge is 2.36. The maximum absolute atomic E-state index is 7.33. The Bertz CT molecular complexity index is 2490. The largest absolute Gasteiger partial charge is 0.453 e. The lowest BCUT2D eigenvalue weighted by Crippen LogP contribution is -2.24. The summed E-state index contributed by atoms with van der Waals surface area (Å²) in [5.74, 6) is 3.19. The van der Waals surface area contributed by atoms with Crippen molar-refractivity contribution in [3.63, 3.8) is 0 Å². The summed E-state index contributed by atoms with van der Waals surface area (Å²) in [4.78, 5) is 9.62. The van der Waals surface area contributed by atoms with Crippen molar-refractivity contribution in [3.05, 3.63) is 143 Å². The van der Waals surface area contributed by atoms with Gasteiger partial charge in [0.05, 0.1) is 34.5 Å². The van der Waals surface area contributed by atoms with E-state index in [-0.39, 0.29) is 10.8 Å². The number of benzene rings is 4. The number of nitrogens with zero attached hydrogens (tertiary/aromatic N) is 6. The number of imidazole rings is 4. The first kappa shape index (κ1) is 26.4. The molecule has 228 valence electrons. The number of rotatable bonds is 2. The van der Waals surface area contributed by atoms with Crippen LogP contribution in [0.1, 0.15) is 61.1 Å². The van der Waals surface area contributed by atoms with E-state index in [2.05, 4.69) is 143 Å². The van der Waals surface area contributed by atoms with Gasteiger partial charge in [0.15, 0.2) is 11.5 Å². The molecule has 0 saturated heterocycles. The van der Waals surface area contributed by atoms with Gasteiger partial charge in [0, 0.05) is 46.7 Å². The molecule has 8 aromatic rings. The third kappa shape index (κ3) is 3.35. The molecular weight excluding hydrogens is 580 g/mol. The first-order valence-corrected chi connectivity index (χ1v) is 16.1. The zero-order chi connectivity index (χ0) is 31.7. The zero-order valence-electron chi connectivity index (χ0n) is 26.6. The van der Waals surface area contributed by atoms with Crippen LogP contribution in [0.5, 0.6) is 0 Å². The Labute approximate surface area is 271 Å². The molecule has 0 spiro atoms. The van der Waals surface area contributed by atoms with E-state index in [1.807, 2.05) is 24.8 Å². The molecule has 4 aromatic carbocycles. The first-order valence-electron chi connectivity index (χ1n) is 16.1. The number of hydrogen-bond donors (Lipinski definition) is 0. The standard InChI is InChI=1S/C40H32N6O/c1-39(2)27-13-7-5-11-25(27)33(23-45-35-29(39)15-9-17-31(35)43-21-19-41-37(43)45)47-34-24-46-36-30(40(3,4)28-14-8-6-12-26(28)34)16-10-18-32(36)44-22-20-42-38(44)46/h5-24H,1-4H3. The summed E-state index contributed by atoms with van der Waals surface area (Å²) in [5.41, 5.74) is 10.8. The van der Waals surface area contributed by atoms with Gasteiger partial charge in [-0.3, -0.25) is 17.9 Å². The predicted octanol–water partition coefficient (Wildman–Crippen LogP) is 8.80. The molecule has 10 rings (SSSR count). The fourth-order valence-corrected chi connectivity index (χ4v) is 8.17. The summed E-state index contributed by atoms with van der Waals surface area (Å²) in [5, 5.41) is 0. The van der Waals surface area contributed by atoms with Gasteiger partial charge in [-0.15, -0.1) is 0 Å². The van der Waals surface area contributed by atoms with Gasteiger partial charge in [0.1, 0.15) is 0 Å². The molecule has 0 fully saturated rings. The molecule has 47 heavy (non-hydrogen) atoms. The van der Waals surface area contributed by atoms with Crippen molar-refractivity contribution >= 4 is 57.5 Å². The number of hydrogen-bond acceptors (Lipinski definition) is 3. The molecule has 7 heteroatoms. The summed E-state index contributed by atoms with van der Waals surface area (Å²) in [7, 11) is 0. The lowest BCUT2D eigenvalue weighted by Gasteiger charge is -2.33. The van der Waals surface area contributed by atoms with Gasteiger partial charge >= 0.3 is 0 Å². The normalized spacial score (nSPS) is 16.3. The molecule has 0 N–H and O–H groups in total. The van der Waals surface area contributed by atoms with Crippen molar-refractivity contribution in [1.29, 1.82) is 0 Å². The summed E-state index contributed by atoms with van der Waals surface area (Å²) in [6.07, 6.45) is 12.0. The van der Waals surface area contributed by atoms with E-state index in [0.717, 1.165) is 56.3 Å². The van der Waals surface area contributed by atoms with Crippen molar-refractivity contribution in [2.45, 2.75) is 38.5 Å². The third-order valence-electron chi connectivity index (χ3n) is 10.5. The minimum absolute atomic E-state index is 0.324. The molecular formula is C40H32N6O. The highest BCUT2D eigenvalue weighted by molar-refractivity contribution is 5.95. The molecule has 0 radical (unpaired) electrons. The van der Waals surface area contributed by atoms with E-state index in [9.17, 15) is 0 Å². The minimum Gasteiger partial charge on any atom is -0.453 e. The Hall–Kier alpha value is -5.82. The second-order valence-corrected chi connectivity index (χ2v) is 13.7. The second-order valence-electron chi connectivity index (χ2n) is 13.7. The van der Waals surface area contributed by atoms with Gasteiger partial charge in [-0.1, -0.05) is 100 Å². The Morgan fingerprint density at radius 2 is 0.936 bits per heavy atom. The lowest BCUT2D eigenvalue weighted by atomic mass is 9.74. The van der Waals surface area contributed by atoms with Gasteiger partial charge in [0.25, 0.3) is 0 Å². The van der Waals surface area contributed by atoms with E-state index >= 15 is 0 Å². The smallest absolute Gasteiger partial charge is 0.219 e. The van der Waals surface area contributed by atoms with Gasteiger partial charge in [0.2, 0.25) is 11.6 Å². The van der Waals surface area contributed by atoms with Crippen molar-refractivity contribution in [1.82, 2.24) is 27.9 Å². The van der Waals surface area contributed by atoms with Crippen LogP contribution in [-0.4, -0.2) is 27.9 Å². The van der Waals surface area contributed by atoms with Crippen LogP contribution in [0.25, 0.3) is 57.5 Å². The van der Waals surface area contributed by atoms with Gasteiger partial charge in [-0.25, -0.2) is 9.97 Å². The van der Waals surface area contributed by atoms with Gasteiger partial charge < -0.3 is 4.74 Å². The highest BCUT2D eigenvalue weighted by atomic mass is 16.5. The average Bonchev–Trinajstić information content (AvgIpc) is 3.87. The molecule has 6 heterocycles. The highest BCUT2D eigenvalue weighted by Crippen LogP contribution is 2.46. The lowest BCUT2D eigenvalue weighted by molar-refractivity contribution is 0.467. The molecule has 0 aliphatic carbocycles. The van der Waals surface area contributed by atoms with Crippen molar-refractivity contribution < 1.29 is 4.74 Å². The molecule has 0 saturated carbocycles. The maximum Gasteiger partial charge on any atom is 0.219 e. The predicted molar refractivity (Wildman–Crippen MR) is 188 cm³/mol. The van der Waals surface area contributed by atoms with Gasteiger partial charge in [-0.2, -0.15) is 0 Å². The van der Waals surface area contributed by atoms with E-state index in [1.54, 1.807) is 0 Å². The SMILES string of the molecule is CC1(C)c2ccccc2C(OC2=Cn3c4c(cccc4n4ccnc34)C(C)(C)c3ccccc32)=Cn2c3c1cccc3n1ccnc21. The summed E-state index contributed by atoms with van der Waals surface area (Å²) in [6.45, 7) is 9.22. The Morgan fingerprint density at radius 1 is 0.511 bits per heavy atom. The monoisotopic (exact) mass is 612 g/mol.